The lowest BCUT2D eigenvalue weighted by Gasteiger charge is -2.61. The first-order valence-corrected chi connectivity index (χ1v) is 5.17. The van der Waals surface area contributed by atoms with Gasteiger partial charge >= 0.3 is 5.97 Å². The summed E-state index contributed by atoms with van der Waals surface area (Å²) in [5, 5.41) is 9.02. The summed E-state index contributed by atoms with van der Waals surface area (Å²) >= 11 is 0. The monoisotopic (exact) mass is 182 g/mol. The molecule has 2 bridgehead atoms. The molecule has 2 nitrogen and oxygen atoms in total. The Hall–Kier alpha value is -0.530. The van der Waals surface area contributed by atoms with Crippen molar-refractivity contribution in [3.8, 4) is 0 Å². The van der Waals surface area contributed by atoms with Gasteiger partial charge in [0.1, 0.15) is 0 Å². The van der Waals surface area contributed by atoms with E-state index < -0.39 is 5.97 Å². The first kappa shape index (κ1) is 9.04. The molecule has 3 aliphatic rings. The smallest absolute Gasteiger partial charge is 0.306 e. The van der Waals surface area contributed by atoms with Gasteiger partial charge in [-0.15, -0.1) is 0 Å². The van der Waals surface area contributed by atoms with Crippen LogP contribution in [-0.4, -0.2) is 11.1 Å². The second-order valence-electron chi connectivity index (χ2n) is 5.40. The van der Waals surface area contributed by atoms with Crippen molar-refractivity contribution >= 4 is 5.97 Å². The van der Waals surface area contributed by atoms with Gasteiger partial charge in [0, 0.05) is 0 Å². The molecular formula is C11H18O2. The summed E-state index contributed by atoms with van der Waals surface area (Å²) in [4.78, 5) is 10.9. The SMILES string of the molecule is C[C@H]1[C@@H](C(=O)O)C[C@H]2C[C@H]1C2(C)C. The fourth-order valence-electron chi connectivity index (χ4n) is 3.48. The first-order chi connectivity index (χ1) is 5.94. The zero-order chi connectivity index (χ0) is 9.80. The zero-order valence-corrected chi connectivity index (χ0v) is 8.58. The van der Waals surface area contributed by atoms with Gasteiger partial charge in [0.15, 0.2) is 0 Å². The lowest BCUT2D eigenvalue weighted by atomic mass is 9.43. The highest BCUT2D eigenvalue weighted by atomic mass is 16.4. The maximum atomic E-state index is 10.9. The van der Waals surface area contributed by atoms with Crippen LogP contribution < -0.4 is 0 Å². The van der Waals surface area contributed by atoms with E-state index in [9.17, 15) is 4.79 Å². The lowest BCUT2D eigenvalue weighted by molar-refractivity contribution is -0.167. The molecule has 3 rings (SSSR count). The summed E-state index contributed by atoms with van der Waals surface area (Å²) in [7, 11) is 0. The minimum atomic E-state index is -0.585. The molecule has 3 fully saturated rings. The fourth-order valence-corrected chi connectivity index (χ4v) is 3.48. The van der Waals surface area contributed by atoms with E-state index in [1.165, 1.54) is 6.42 Å². The standard InChI is InChI=1S/C11H18O2/c1-6-8(10(12)13)4-7-5-9(6)11(7,2)3/h6-9H,4-5H2,1-3H3,(H,12,13)/t6-,7-,8-,9+/m0/s1. The van der Waals surface area contributed by atoms with Crippen molar-refractivity contribution in [2.75, 3.05) is 0 Å². The molecule has 13 heavy (non-hydrogen) atoms. The number of hydrogen-bond acceptors (Lipinski definition) is 1. The Morgan fingerprint density at radius 3 is 2.38 bits per heavy atom. The van der Waals surface area contributed by atoms with E-state index in [1.807, 2.05) is 0 Å². The van der Waals surface area contributed by atoms with Crippen molar-refractivity contribution in [3.63, 3.8) is 0 Å². The topological polar surface area (TPSA) is 37.3 Å². The summed E-state index contributed by atoms with van der Waals surface area (Å²) in [6.45, 7) is 6.70. The van der Waals surface area contributed by atoms with Crippen LogP contribution in [0.3, 0.4) is 0 Å². The van der Waals surface area contributed by atoms with E-state index in [-0.39, 0.29) is 5.92 Å². The van der Waals surface area contributed by atoms with Crippen LogP contribution >= 0.6 is 0 Å². The predicted molar refractivity (Wildman–Crippen MR) is 50.3 cm³/mol. The van der Waals surface area contributed by atoms with Crippen LogP contribution in [0.4, 0.5) is 0 Å². The van der Waals surface area contributed by atoms with Gasteiger partial charge in [0.05, 0.1) is 5.92 Å². The molecule has 0 aromatic carbocycles. The van der Waals surface area contributed by atoms with Crippen LogP contribution in [0.25, 0.3) is 0 Å². The molecule has 3 saturated carbocycles. The fraction of sp³-hybridized carbons (Fsp3) is 0.909. The molecule has 1 N–H and O–H groups in total. The van der Waals surface area contributed by atoms with E-state index in [2.05, 4.69) is 20.8 Å². The van der Waals surface area contributed by atoms with Crippen molar-refractivity contribution in [3.05, 3.63) is 0 Å². The molecule has 0 amide bonds. The van der Waals surface area contributed by atoms with E-state index in [0.29, 0.717) is 23.2 Å². The normalized spacial score (nSPS) is 46.7. The van der Waals surface area contributed by atoms with Gasteiger partial charge in [0.2, 0.25) is 0 Å². The molecule has 0 aromatic rings. The van der Waals surface area contributed by atoms with E-state index in [1.54, 1.807) is 0 Å². The second-order valence-corrected chi connectivity index (χ2v) is 5.40. The predicted octanol–water partition coefficient (Wildman–Crippen LogP) is 2.39. The van der Waals surface area contributed by atoms with Crippen LogP contribution in [0.5, 0.6) is 0 Å². The average molecular weight is 182 g/mol. The van der Waals surface area contributed by atoms with Gasteiger partial charge in [-0.25, -0.2) is 0 Å². The number of carboxylic acids is 1. The average Bonchev–Trinajstić information content (AvgIpc) is 2.02. The van der Waals surface area contributed by atoms with Crippen LogP contribution in [0.2, 0.25) is 0 Å². The number of fused-ring (bicyclic) bond motifs is 2. The molecule has 0 heterocycles. The Morgan fingerprint density at radius 1 is 1.38 bits per heavy atom. The molecule has 0 aliphatic heterocycles. The largest absolute Gasteiger partial charge is 0.481 e. The van der Waals surface area contributed by atoms with Gasteiger partial charge in [0.25, 0.3) is 0 Å². The molecule has 0 aromatic heterocycles. The van der Waals surface area contributed by atoms with Crippen molar-refractivity contribution in [2.45, 2.75) is 33.6 Å². The van der Waals surface area contributed by atoms with E-state index >= 15 is 0 Å². The van der Waals surface area contributed by atoms with Gasteiger partial charge in [-0.3, -0.25) is 4.79 Å². The summed E-state index contributed by atoms with van der Waals surface area (Å²) in [6, 6.07) is 0. The Balaban J connectivity index is 2.16. The van der Waals surface area contributed by atoms with Crippen LogP contribution in [-0.2, 0) is 4.79 Å². The minimum Gasteiger partial charge on any atom is -0.481 e. The third-order valence-electron chi connectivity index (χ3n) is 4.67. The Morgan fingerprint density at radius 2 is 2.00 bits per heavy atom. The van der Waals surface area contributed by atoms with Crippen molar-refractivity contribution < 1.29 is 9.90 Å². The summed E-state index contributed by atoms with van der Waals surface area (Å²) in [5.41, 5.74) is 0.408. The van der Waals surface area contributed by atoms with Crippen LogP contribution in [0.1, 0.15) is 33.6 Å². The second kappa shape index (κ2) is 2.49. The molecule has 74 valence electrons. The molecule has 0 saturated heterocycles. The highest BCUT2D eigenvalue weighted by Gasteiger charge is 2.57. The van der Waals surface area contributed by atoms with Gasteiger partial charge in [-0.05, 0) is 36.0 Å². The Labute approximate surface area is 79.3 Å². The Kier molecular flexibility index (Phi) is 1.73. The van der Waals surface area contributed by atoms with Gasteiger partial charge in [-0.2, -0.15) is 0 Å². The number of rotatable bonds is 1. The van der Waals surface area contributed by atoms with Crippen LogP contribution in [0, 0.1) is 29.1 Å². The molecule has 3 aliphatic carbocycles. The summed E-state index contributed by atoms with van der Waals surface area (Å²) in [6.07, 6.45) is 2.16. The van der Waals surface area contributed by atoms with Crippen LogP contribution in [0.15, 0.2) is 0 Å². The number of carbonyl (C=O) groups is 1. The highest BCUT2D eigenvalue weighted by molar-refractivity contribution is 5.70. The third-order valence-corrected chi connectivity index (χ3v) is 4.67. The quantitative estimate of drug-likeness (QED) is 0.676. The van der Waals surface area contributed by atoms with Gasteiger partial charge < -0.3 is 5.11 Å². The number of aliphatic carboxylic acids is 1. The molecule has 0 unspecified atom stereocenters. The number of carboxylic acid groups (broad SMARTS) is 1. The molecule has 0 spiro atoms. The maximum Gasteiger partial charge on any atom is 0.306 e. The highest BCUT2D eigenvalue weighted by Crippen LogP contribution is 2.62. The summed E-state index contributed by atoms with van der Waals surface area (Å²) < 4.78 is 0. The van der Waals surface area contributed by atoms with Crippen molar-refractivity contribution in [2.24, 2.45) is 29.1 Å². The number of hydrogen-bond donors (Lipinski definition) is 1. The maximum absolute atomic E-state index is 10.9. The van der Waals surface area contributed by atoms with Crippen molar-refractivity contribution in [1.29, 1.82) is 0 Å². The first-order valence-electron chi connectivity index (χ1n) is 5.17. The molecule has 0 radical (unpaired) electrons. The lowest BCUT2D eigenvalue weighted by Crippen LogP contribution is -2.56. The molecule has 2 heteroatoms. The molecule has 4 atom stereocenters. The summed E-state index contributed by atoms with van der Waals surface area (Å²) in [5.74, 6) is 1.02. The Bertz CT molecular complexity index is 244. The van der Waals surface area contributed by atoms with E-state index in [4.69, 9.17) is 5.11 Å². The third kappa shape index (κ3) is 1.04. The van der Waals surface area contributed by atoms with E-state index in [0.717, 1.165) is 6.42 Å². The van der Waals surface area contributed by atoms with Gasteiger partial charge in [-0.1, -0.05) is 20.8 Å². The zero-order valence-electron chi connectivity index (χ0n) is 8.58. The minimum absolute atomic E-state index is 0.0724. The van der Waals surface area contributed by atoms with Crippen molar-refractivity contribution in [1.82, 2.24) is 0 Å². The molecular weight excluding hydrogens is 164 g/mol.